The van der Waals surface area contributed by atoms with E-state index in [1.165, 1.54) is 22.7 Å². The Kier molecular flexibility index (Phi) is 5.93. The van der Waals surface area contributed by atoms with E-state index in [9.17, 15) is 9.59 Å². The Morgan fingerprint density at radius 1 is 1.00 bits per heavy atom. The van der Waals surface area contributed by atoms with Gasteiger partial charge in [0.15, 0.2) is 5.82 Å². The Balaban J connectivity index is 2.02. The number of thiophene rings is 2. The lowest BCUT2D eigenvalue weighted by atomic mass is 9.75. The van der Waals surface area contributed by atoms with Gasteiger partial charge >= 0.3 is 0 Å². The number of aromatic nitrogens is 4. The first-order valence-corrected chi connectivity index (χ1v) is 12.2. The molecule has 0 aliphatic heterocycles. The predicted molar refractivity (Wildman–Crippen MR) is 126 cm³/mol. The molecule has 0 unspecified atom stereocenters. The number of carbonyl (C=O) groups is 2. The van der Waals surface area contributed by atoms with E-state index in [0.29, 0.717) is 21.5 Å². The van der Waals surface area contributed by atoms with Crippen LogP contribution in [0.25, 0.3) is 0 Å². The Morgan fingerprint density at radius 3 is 1.88 bits per heavy atom. The molecular formula is C22H28N6O2S2. The van der Waals surface area contributed by atoms with E-state index in [1.54, 1.807) is 38.0 Å². The number of fused-ring (bicyclic) bond motifs is 2. The number of rotatable bonds is 5. The number of nitrogens with one attached hydrogen (secondary N) is 1. The molecule has 3 aromatic heterocycles. The Labute approximate surface area is 195 Å². The second-order valence-corrected chi connectivity index (χ2v) is 11.2. The minimum Gasteiger partial charge on any atom is -0.344 e. The molecule has 1 aliphatic carbocycles. The van der Waals surface area contributed by atoms with Crippen molar-refractivity contribution < 1.29 is 9.59 Å². The van der Waals surface area contributed by atoms with E-state index < -0.39 is 5.41 Å². The number of tetrazole rings is 1. The summed E-state index contributed by atoms with van der Waals surface area (Å²) < 4.78 is 0. The number of H-pyrrole nitrogens is 1. The molecule has 170 valence electrons. The molecule has 1 N–H and O–H groups in total. The first-order chi connectivity index (χ1) is 15.1. The van der Waals surface area contributed by atoms with Gasteiger partial charge in [-0.25, -0.2) is 0 Å². The van der Waals surface area contributed by atoms with E-state index >= 15 is 0 Å². The monoisotopic (exact) mass is 472 g/mol. The fourth-order valence-electron chi connectivity index (χ4n) is 4.41. The topological polar surface area (TPSA) is 95.1 Å². The van der Waals surface area contributed by atoms with Crippen molar-refractivity contribution in [3.8, 4) is 0 Å². The summed E-state index contributed by atoms with van der Waals surface area (Å²) in [6.45, 7) is 4.34. The van der Waals surface area contributed by atoms with Crippen LogP contribution >= 0.6 is 22.7 Å². The van der Waals surface area contributed by atoms with Crippen LogP contribution in [-0.4, -0.2) is 70.4 Å². The highest BCUT2D eigenvalue weighted by atomic mass is 32.1. The molecule has 0 spiro atoms. The van der Waals surface area contributed by atoms with Gasteiger partial charge < -0.3 is 9.80 Å². The van der Waals surface area contributed by atoms with Crippen LogP contribution in [0.3, 0.4) is 0 Å². The summed E-state index contributed by atoms with van der Waals surface area (Å²) in [4.78, 5) is 32.4. The maximum atomic E-state index is 12.8. The molecule has 2 amide bonds. The van der Waals surface area contributed by atoms with Crippen molar-refractivity contribution in [3.63, 3.8) is 0 Å². The van der Waals surface area contributed by atoms with Gasteiger partial charge in [-0.1, -0.05) is 19.1 Å². The smallest absolute Gasteiger partial charge is 0.263 e. The molecule has 1 aliphatic rings. The highest BCUT2D eigenvalue weighted by molar-refractivity contribution is 7.16. The molecule has 10 heteroatoms. The minimum absolute atomic E-state index is 0.00971. The molecule has 4 rings (SSSR count). The molecule has 0 fully saturated rings. The van der Waals surface area contributed by atoms with Gasteiger partial charge in [-0.05, 0) is 48.4 Å². The third-order valence-corrected chi connectivity index (χ3v) is 8.39. The predicted octanol–water partition coefficient (Wildman–Crippen LogP) is 3.21. The maximum absolute atomic E-state index is 12.8. The van der Waals surface area contributed by atoms with Crippen LogP contribution in [0.15, 0.2) is 12.1 Å². The van der Waals surface area contributed by atoms with Gasteiger partial charge in [0.05, 0.1) is 9.75 Å². The molecule has 0 aromatic carbocycles. The summed E-state index contributed by atoms with van der Waals surface area (Å²) in [6, 6.07) is 4.06. The molecule has 32 heavy (non-hydrogen) atoms. The Bertz CT molecular complexity index is 1080. The fraction of sp³-hybridized carbons (Fsp3) is 0.500. The summed E-state index contributed by atoms with van der Waals surface area (Å²) in [5, 5.41) is 15.4. The van der Waals surface area contributed by atoms with Crippen molar-refractivity contribution in [2.45, 2.75) is 38.5 Å². The van der Waals surface area contributed by atoms with Gasteiger partial charge in [-0.15, -0.1) is 32.9 Å². The maximum Gasteiger partial charge on any atom is 0.263 e. The molecule has 0 saturated carbocycles. The van der Waals surface area contributed by atoms with Crippen molar-refractivity contribution in [1.82, 2.24) is 30.4 Å². The first-order valence-electron chi connectivity index (χ1n) is 10.6. The normalized spacial score (nSPS) is 14.6. The van der Waals surface area contributed by atoms with Crippen LogP contribution in [0.1, 0.15) is 66.3 Å². The lowest BCUT2D eigenvalue weighted by Gasteiger charge is -2.32. The standard InChI is InChI=1S/C22H28N6O2S2/c1-12(2)11-22(21-23-25-26-24-21)17-13(9-15(31-17)19(29)27(3)4)7-8-14-10-16(32-18(14)22)20(30)28(5)6/h9-10,12H,7-8,11H2,1-6H3,(H,23,24,25,26). The van der Waals surface area contributed by atoms with Gasteiger partial charge in [-0.2, -0.15) is 5.21 Å². The molecule has 0 bridgehead atoms. The summed E-state index contributed by atoms with van der Waals surface area (Å²) in [7, 11) is 7.07. The molecular weight excluding hydrogens is 444 g/mol. The van der Waals surface area contributed by atoms with E-state index in [1.807, 2.05) is 12.1 Å². The molecule has 3 aromatic rings. The van der Waals surface area contributed by atoms with E-state index in [0.717, 1.165) is 40.1 Å². The van der Waals surface area contributed by atoms with Crippen molar-refractivity contribution in [2.75, 3.05) is 28.2 Å². The zero-order valence-electron chi connectivity index (χ0n) is 19.2. The Morgan fingerprint density at radius 2 is 1.50 bits per heavy atom. The largest absolute Gasteiger partial charge is 0.344 e. The van der Waals surface area contributed by atoms with Crippen molar-refractivity contribution in [1.29, 1.82) is 0 Å². The van der Waals surface area contributed by atoms with Gasteiger partial charge in [0.2, 0.25) is 0 Å². The number of nitrogens with zero attached hydrogens (tertiary/aromatic N) is 5. The lowest BCUT2D eigenvalue weighted by Crippen LogP contribution is -2.32. The average molecular weight is 473 g/mol. The van der Waals surface area contributed by atoms with Crippen molar-refractivity contribution in [3.05, 3.63) is 48.6 Å². The third-order valence-electron chi connectivity index (χ3n) is 5.73. The van der Waals surface area contributed by atoms with Crippen molar-refractivity contribution >= 4 is 34.5 Å². The molecule has 0 atom stereocenters. The molecule has 3 heterocycles. The zero-order valence-corrected chi connectivity index (χ0v) is 20.9. The molecule has 8 nitrogen and oxygen atoms in total. The van der Waals surface area contributed by atoms with Gasteiger partial charge in [0.1, 0.15) is 5.41 Å². The number of amides is 2. The number of hydrogen-bond donors (Lipinski definition) is 1. The quantitative estimate of drug-likeness (QED) is 0.615. The minimum atomic E-state index is -0.659. The van der Waals surface area contributed by atoms with E-state index in [2.05, 4.69) is 34.5 Å². The summed E-state index contributed by atoms with van der Waals surface area (Å²) in [6.07, 6.45) is 2.34. The van der Waals surface area contributed by atoms with Crippen molar-refractivity contribution in [2.24, 2.45) is 5.92 Å². The second-order valence-electron chi connectivity index (χ2n) is 9.07. The van der Waals surface area contributed by atoms with Crippen LogP contribution in [0.4, 0.5) is 0 Å². The van der Waals surface area contributed by atoms with Gasteiger partial charge in [0, 0.05) is 37.9 Å². The summed E-state index contributed by atoms with van der Waals surface area (Å²) >= 11 is 3.04. The summed E-state index contributed by atoms with van der Waals surface area (Å²) in [5.41, 5.74) is 1.64. The highest BCUT2D eigenvalue weighted by Crippen LogP contribution is 2.52. The van der Waals surface area contributed by atoms with Crippen LogP contribution in [-0.2, 0) is 18.3 Å². The number of hydrogen-bond acceptors (Lipinski definition) is 7. The zero-order chi connectivity index (χ0) is 23.2. The van der Waals surface area contributed by atoms with Crippen LogP contribution < -0.4 is 0 Å². The van der Waals surface area contributed by atoms with Gasteiger partial charge in [0.25, 0.3) is 11.8 Å². The lowest BCUT2D eigenvalue weighted by molar-refractivity contribution is 0.0825. The molecule has 0 saturated heterocycles. The second kappa shape index (κ2) is 8.40. The highest BCUT2D eigenvalue weighted by Gasteiger charge is 2.48. The van der Waals surface area contributed by atoms with Crippen LogP contribution in [0.2, 0.25) is 0 Å². The summed E-state index contributed by atoms with van der Waals surface area (Å²) in [5.74, 6) is 0.888. The Hall–Kier alpha value is -2.59. The molecule has 0 radical (unpaired) electrons. The number of aryl methyl sites for hydroxylation is 2. The van der Waals surface area contributed by atoms with Crippen LogP contribution in [0.5, 0.6) is 0 Å². The number of carbonyl (C=O) groups excluding carboxylic acids is 2. The average Bonchev–Trinajstić information content (AvgIpc) is 3.48. The van der Waals surface area contributed by atoms with E-state index in [-0.39, 0.29) is 11.8 Å². The van der Waals surface area contributed by atoms with Crippen LogP contribution in [0, 0.1) is 5.92 Å². The fourth-order valence-corrected chi connectivity index (χ4v) is 7.34. The van der Waals surface area contributed by atoms with E-state index in [4.69, 9.17) is 0 Å². The first kappa shape index (κ1) is 22.6. The number of aromatic amines is 1. The SMILES string of the molecule is CC(C)CC1(c2nn[nH]n2)c2sc(C(=O)N(C)C)cc2CCc2cc(C(=O)N(C)C)sc21. The van der Waals surface area contributed by atoms with Gasteiger partial charge in [-0.3, -0.25) is 9.59 Å². The third kappa shape index (κ3) is 3.65.